The number of rotatable bonds is 4. The first-order valence-corrected chi connectivity index (χ1v) is 5.05. The van der Waals surface area contributed by atoms with Crippen LogP contribution < -0.4 is 10.2 Å². The van der Waals surface area contributed by atoms with Crippen molar-refractivity contribution in [1.82, 2.24) is 4.98 Å². The van der Waals surface area contributed by atoms with Gasteiger partial charge in [0.2, 0.25) is 5.43 Å². The fourth-order valence-corrected chi connectivity index (χ4v) is 1.49. The third-order valence-electron chi connectivity index (χ3n) is 1.93. The molecular formula is C9H7ClF3NO4. The van der Waals surface area contributed by atoms with E-state index in [1.165, 1.54) is 0 Å². The van der Waals surface area contributed by atoms with Crippen molar-refractivity contribution in [2.75, 3.05) is 0 Å². The first-order valence-electron chi connectivity index (χ1n) is 4.51. The van der Waals surface area contributed by atoms with Crippen molar-refractivity contribution in [1.29, 1.82) is 0 Å². The highest BCUT2D eigenvalue weighted by Crippen LogP contribution is 2.20. The van der Waals surface area contributed by atoms with Crippen LogP contribution in [0.2, 0.25) is 0 Å². The average molecular weight is 286 g/mol. The van der Waals surface area contributed by atoms with Crippen LogP contribution in [0, 0.1) is 0 Å². The van der Waals surface area contributed by atoms with Gasteiger partial charge in [0.15, 0.2) is 5.75 Å². The number of aliphatic carboxylic acids is 1. The minimum Gasteiger partial charge on any atom is -0.481 e. The molecule has 0 radical (unpaired) electrons. The van der Waals surface area contributed by atoms with Gasteiger partial charge in [-0.1, -0.05) is 0 Å². The summed E-state index contributed by atoms with van der Waals surface area (Å²) in [7, 11) is 0. The molecule has 0 fully saturated rings. The normalized spacial score (nSPS) is 11.3. The monoisotopic (exact) mass is 285 g/mol. The molecule has 0 amide bonds. The Kier molecular flexibility index (Phi) is 4.23. The standard InChI is InChI=1S/C9H7ClF3NO4/c10-2-5-4(1-7(15)16)8(17)6(3-14-5)18-9(11,12)13/h3H,1-2H2,(H,14,17)(H,15,16). The Morgan fingerprint density at radius 2 is 2.11 bits per heavy atom. The molecule has 0 saturated heterocycles. The van der Waals surface area contributed by atoms with Crippen LogP contribution in [0.15, 0.2) is 11.0 Å². The van der Waals surface area contributed by atoms with Gasteiger partial charge in [0.05, 0.1) is 12.3 Å². The molecule has 0 spiro atoms. The van der Waals surface area contributed by atoms with E-state index in [1.807, 2.05) is 0 Å². The summed E-state index contributed by atoms with van der Waals surface area (Å²) in [6, 6.07) is 0. The first kappa shape index (κ1) is 14.4. The fourth-order valence-electron chi connectivity index (χ4n) is 1.25. The van der Waals surface area contributed by atoms with Crippen LogP contribution >= 0.6 is 11.6 Å². The van der Waals surface area contributed by atoms with Crippen molar-refractivity contribution in [3.8, 4) is 5.75 Å². The van der Waals surface area contributed by atoms with Gasteiger partial charge in [-0.05, 0) is 0 Å². The zero-order valence-corrected chi connectivity index (χ0v) is 9.43. The number of carbonyl (C=O) groups is 1. The lowest BCUT2D eigenvalue weighted by Crippen LogP contribution is -2.25. The second kappa shape index (κ2) is 5.30. The summed E-state index contributed by atoms with van der Waals surface area (Å²) in [5.41, 5.74) is -1.47. The molecule has 0 atom stereocenters. The van der Waals surface area contributed by atoms with Gasteiger partial charge >= 0.3 is 12.3 Å². The van der Waals surface area contributed by atoms with Crippen molar-refractivity contribution >= 4 is 17.6 Å². The minimum absolute atomic E-state index is 0.0404. The number of aromatic amines is 1. The number of carboxylic acids is 1. The number of carboxylic acid groups (broad SMARTS) is 1. The van der Waals surface area contributed by atoms with E-state index in [1.54, 1.807) is 0 Å². The number of halogens is 4. The smallest absolute Gasteiger partial charge is 0.481 e. The Morgan fingerprint density at radius 1 is 1.50 bits per heavy atom. The third-order valence-corrected chi connectivity index (χ3v) is 2.19. The van der Waals surface area contributed by atoms with E-state index in [2.05, 4.69) is 9.72 Å². The van der Waals surface area contributed by atoms with Crippen LogP contribution in [0.3, 0.4) is 0 Å². The maximum absolute atomic E-state index is 12.0. The summed E-state index contributed by atoms with van der Waals surface area (Å²) < 4.78 is 39.4. The van der Waals surface area contributed by atoms with Gasteiger partial charge in [-0.25, -0.2) is 0 Å². The summed E-state index contributed by atoms with van der Waals surface area (Å²) in [5, 5.41) is 8.58. The molecule has 1 aromatic rings. The van der Waals surface area contributed by atoms with Gasteiger partial charge in [-0.3, -0.25) is 9.59 Å². The topological polar surface area (TPSA) is 79.4 Å². The molecule has 0 aliphatic carbocycles. The number of pyridine rings is 1. The quantitative estimate of drug-likeness (QED) is 0.824. The van der Waals surface area contributed by atoms with Crippen LogP contribution in [0.4, 0.5) is 13.2 Å². The molecule has 5 nitrogen and oxygen atoms in total. The summed E-state index contributed by atoms with van der Waals surface area (Å²) in [6.07, 6.45) is -5.08. The van der Waals surface area contributed by atoms with E-state index in [-0.39, 0.29) is 17.1 Å². The van der Waals surface area contributed by atoms with E-state index in [4.69, 9.17) is 16.7 Å². The highest BCUT2D eigenvalue weighted by atomic mass is 35.5. The van der Waals surface area contributed by atoms with E-state index in [0.717, 1.165) is 0 Å². The predicted octanol–water partition coefficient (Wildman–Crippen LogP) is 1.64. The molecule has 0 unspecified atom stereocenters. The van der Waals surface area contributed by atoms with Gasteiger partial charge in [-0.15, -0.1) is 24.8 Å². The van der Waals surface area contributed by atoms with Crippen LogP contribution in [0.1, 0.15) is 11.3 Å². The predicted molar refractivity (Wildman–Crippen MR) is 54.6 cm³/mol. The highest BCUT2D eigenvalue weighted by Gasteiger charge is 2.33. The number of aromatic nitrogens is 1. The Morgan fingerprint density at radius 3 is 2.56 bits per heavy atom. The molecule has 0 saturated carbocycles. The lowest BCUT2D eigenvalue weighted by Gasteiger charge is -2.10. The van der Waals surface area contributed by atoms with E-state index in [0.29, 0.717) is 6.20 Å². The van der Waals surface area contributed by atoms with Gasteiger partial charge in [0, 0.05) is 17.5 Å². The molecule has 18 heavy (non-hydrogen) atoms. The Balaban J connectivity index is 3.25. The van der Waals surface area contributed by atoms with E-state index < -0.39 is 29.9 Å². The number of nitrogens with one attached hydrogen (secondary N) is 1. The van der Waals surface area contributed by atoms with Crippen LogP contribution in [0.5, 0.6) is 5.75 Å². The highest BCUT2D eigenvalue weighted by molar-refractivity contribution is 6.17. The van der Waals surface area contributed by atoms with E-state index in [9.17, 15) is 22.8 Å². The second-order valence-electron chi connectivity index (χ2n) is 3.19. The molecule has 0 aromatic carbocycles. The number of ether oxygens (including phenoxy) is 1. The van der Waals surface area contributed by atoms with Crippen molar-refractivity contribution in [2.45, 2.75) is 18.7 Å². The van der Waals surface area contributed by atoms with Gasteiger partial charge in [0.1, 0.15) is 0 Å². The van der Waals surface area contributed by atoms with E-state index >= 15 is 0 Å². The molecule has 100 valence electrons. The third kappa shape index (κ3) is 3.66. The van der Waals surface area contributed by atoms with Crippen LogP contribution in [-0.2, 0) is 17.1 Å². The van der Waals surface area contributed by atoms with Crippen LogP contribution in [0.25, 0.3) is 0 Å². The van der Waals surface area contributed by atoms with Gasteiger partial charge in [0.25, 0.3) is 0 Å². The summed E-state index contributed by atoms with van der Waals surface area (Å²) >= 11 is 5.45. The molecule has 0 bridgehead atoms. The average Bonchev–Trinajstić information content (AvgIpc) is 2.22. The number of hydrogen-bond acceptors (Lipinski definition) is 3. The van der Waals surface area contributed by atoms with Gasteiger partial charge in [-0.2, -0.15) is 0 Å². The zero-order chi connectivity index (χ0) is 13.9. The zero-order valence-electron chi connectivity index (χ0n) is 8.68. The van der Waals surface area contributed by atoms with Crippen molar-refractivity contribution < 1.29 is 27.8 Å². The van der Waals surface area contributed by atoms with Crippen molar-refractivity contribution in [3.63, 3.8) is 0 Å². The second-order valence-corrected chi connectivity index (χ2v) is 3.46. The summed E-state index contributed by atoms with van der Waals surface area (Å²) in [4.78, 5) is 24.4. The molecule has 2 N–H and O–H groups in total. The van der Waals surface area contributed by atoms with Gasteiger partial charge < -0.3 is 14.8 Å². The Hall–Kier alpha value is -1.70. The first-order chi connectivity index (χ1) is 8.24. The Labute approximate surface area is 103 Å². The molecule has 0 aliphatic heterocycles. The maximum Gasteiger partial charge on any atom is 0.573 e. The lowest BCUT2D eigenvalue weighted by molar-refractivity contribution is -0.275. The number of H-pyrrole nitrogens is 1. The summed E-state index contributed by atoms with van der Waals surface area (Å²) in [5.74, 6) is -2.62. The molecule has 0 aliphatic rings. The SMILES string of the molecule is O=C(O)Cc1c(CCl)[nH]cc(OC(F)(F)F)c1=O. The molecule has 1 heterocycles. The molecular weight excluding hydrogens is 279 g/mol. The van der Waals surface area contributed by atoms with Crippen molar-refractivity contribution in [2.24, 2.45) is 0 Å². The molecule has 1 rings (SSSR count). The van der Waals surface area contributed by atoms with Crippen molar-refractivity contribution in [3.05, 3.63) is 27.7 Å². The maximum atomic E-state index is 12.0. The molecule has 1 aromatic heterocycles. The summed E-state index contributed by atoms with van der Waals surface area (Å²) in [6.45, 7) is 0. The fraction of sp³-hybridized carbons (Fsp3) is 0.333. The minimum atomic E-state index is -5.03. The largest absolute Gasteiger partial charge is 0.573 e. The molecule has 9 heteroatoms. The van der Waals surface area contributed by atoms with Crippen LogP contribution in [-0.4, -0.2) is 22.4 Å². The number of alkyl halides is 4. The number of hydrogen-bond donors (Lipinski definition) is 2. The Bertz CT molecular complexity index is 512. The lowest BCUT2D eigenvalue weighted by atomic mass is 10.1.